The van der Waals surface area contributed by atoms with E-state index in [1.807, 2.05) is 0 Å². The van der Waals surface area contributed by atoms with Crippen LogP contribution >= 0.6 is 11.6 Å². The van der Waals surface area contributed by atoms with Crippen LogP contribution < -0.4 is 4.72 Å². The van der Waals surface area contributed by atoms with Crippen molar-refractivity contribution in [3.8, 4) is 0 Å². The Morgan fingerprint density at radius 1 is 1.10 bits per heavy atom. The lowest BCUT2D eigenvalue weighted by atomic mass is 10.1. The summed E-state index contributed by atoms with van der Waals surface area (Å²) in [5, 5.41) is -0.271. The van der Waals surface area contributed by atoms with Crippen LogP contribution in [0.25, 0.3) is 0 Å². The van der Waals surface area contributed by atoms with E-state index in [0.29, 0.717) is 5.56 Å². The predicted octanol–water partition coefficient (Wildman–Crippen LogP) is 3.66. The topological polar surface area (TPSA) is 46.2 Å². The third kappa shape index (κ3) is 3.78. The average molecular weight is 332 g/mol. The highest BCUT2D eigenvalue weighted by Gasteiger charge is 2.19. The smallest absolute Gasteiger partial charge is 0.207 e. The maximum atomic E-state index is 13.1. The van der Waals surface area contributed by atoms with E-state index in [-0.39, 0.29) is 9.92 Å². The van der Waals surface area contributed by atoms with Crippen molar-refractivity contribution >= 4 is 21.6 Å². The summed E-state index contributed by atoms with van der Waals surface area (Å²) in [5.74, 6) is -1.10. The zero-order chi connectivity index (χ0) is 15.6. The lowest BCUT2D eigenvalue weighted by molar-refractivity contribution is 0.565. The second-order valence-corrected chi connectivity index (χ2v) is 6.59. The van der Waals surface area contributed by atoms with Crippen LogP contribution in [0.1, 0.15) is 18.5 Å². The molecule has 0 spiro atoms. The van der Waals surface area contributed by atoms with Crippen molar-refractivity contribution < 1.29 is 17.2 Å². The molecule has 1 unspecified atom stereocenters. The molecule has 0 radical (unpaired) electrons. The third-order valence-corrected chi connectivity index (χ3v) is 4.73. The van der Waals surface area contributed by atoms with Crippen molar-refractivity contribution in [2.24, 2.45) is 0 Å². The molecule has 0 aliphatic rings. The van der Waals surface area contributed by atoms with Gasteiger partial charge in [-0.1, -0.05) is 23.7 Å². The van der Waals surface area contributed by atoms with Gasteiger partial charge in [-0.25, -0.2) is 21.9 Å². The summed E-state index contributed by atoms with van der Waals surface area (Å²) in [5.41, 5.74) is 0.605. The van der Waals surface area contributed by atoms with Crippen LogP contribution in [0.2, 0.25) is 5.02 Å². The van der Waals surface area contributed by atoms with Gasteiger partial charge in [-0.3, -0.25) is 0 Å². The van der Waals surface area contributed by atoms with Crippen LogP contribution in [-0.2, 0) is 10.0 Å². The number of nitrogens with one attached hydrogen (secondary N) is 1. The fraction of sp³-hybridized carbons (Fsp3) is 0.143. The minimum absolute atomic E-state index is 0.136. The highest BCUT2D eigenvalue weighted by molar-refractivity contribution is 7.89. The Morgan fingerprint density at radius 3 is 2.29 bits per heavy atom. The summed E-state index contributed by atoms with van der Waals surface area (Å²) in [7, 11) is -3.85. The standard InChI is InChI=1S/C14H12ClF2NO2S/c1-9(10-2-4-11(16)5-3-10)18-21(19,20)12-6-7-14(17)13(15)8-12/h2-9,18H,1H3. The highest BCUT2D eigenvalue weighted by Crippen LogP contribution is 2.21. The van der Waals surface area contributed by atoms with Crippen LogP contribution in [0.5, 0.6) is 0 Å². The minimum Gasteiger partial charge on any atom is -0.207 e. The van der Waals surface area contributed by atoms with E-state index in [1.54, 1.807) is 6.92 Å². The Morgan fingerprint density at radius 2 is 1.71 bits per heavy atom. The second-order valence-electron chi connectivity index (χ2n) is 4.47. The SMILES string of the molecule is CC(NS(=O)(=O)c1ccc(F)c(Cl)c1)c1ccc(F)cc1. The minimum atomic E-state index is -3.85. The van der Waals surface area contributed by atoms with Crippen molar-refractivity contribution in [1.29, 1.82) is 0 Å². The van der Waals surface area contributed by atoms with Gasteiger partial charge in [-0.2, -0.15) is 0 Å². The number of halogens is 3. The van der Waals surface area contributed by atoms with Gasteiger partial charge in [-0.05, 0) is 42.8 Å². The molecule has 21 heavy (non-hydrogen) atoms. The Balaban J connectivity index is 2.24. The Hall–Kier alpha value is -1.50. The number of benzene rings is 2. The summed E-state index contributed by atoms with van der Waals surface area (Å²) >= 11 is 5.58. The largest absolute Gasteiger partial charge is 0.241 e. The first-order valence-corrected chi connectivity index (χ1v) is 7.88. The van der Waals surface area contributed by atoms with E-state index in [1.165, 1.54) is 24.3 Å². The van der Waals surface area contributed by atoms with E-state index in [0.717, 1.165) is 18.2 Å². The van der Waals surface area contributed by atoms with E-state index < -0.39 is 27.7 Å². The van der Waals surface area contributed by atoms with Gasteiger partial charge in [0.05, 0.1) is 9.92 Å². The number of rotatable bonds is 4. The molecule has 0 aromatic heterocycles. The molecule has 0 aliphatic carbocycles. The molecule has 0 saturated carbocycles. The molecular formula is C14H12ClF2NO2S. The zero-order valence-corrected chi connectivity index (χ0v) is 12.5. The molecule has 0 amide bonds. The van der Waals surface area contributed by atoms with Gasteiger partial charge >= 0.3 is 0 Å². The molecule has 3 nitrogen and oxygen atoms in total. The Bertz CT molecular complexity index is 748. The molecule has 1 atom stereocenters. The van der Waals surface area contributed by atoms with E-state index in [9.17, 15) is 17.2 Å². The molecule has 0 bridgehead atoms. The Labute approximate surface area is 126 Å². The molecule has 0 saturated heterocycles. The van der Waals surface area contributed by atoms with Crippen LogP contribution in [0.4, 0.5) is 8.78 Å². The molecule has 2 aromatic rings. The van der Waals surface area contributed by atoms with E-state index in [2.05, 4.69) is 4.72 Å². The average Bonchev–Trinajstić information content (AvgIpc) is 2.42. The first kappa shape index (κ1) is 15.9. The van der Waals surface area contributed by atoms with Crippen LogP contribution in [0.3, 0.4) is 0 Å². The van der Waals surface area contributed by atoms with Gasteiger partial charge < -0.3 is 0 Å². The summed E-state index contributed by atoms with van der Waals surface area (Å²) in [6, 6.07) is 8.04. The lowest BCUT2D eigenvalue weighted by Crippen LogP contribution is -2.26. The van der Waals surface area contributed by atoms with Gasteiger partial charge in [-0.15, -0.1) is 0 Å². The van der Waals surface area contributed by atoms with Crippen LogP contribution in [0.15, 0.2) is 47.4 Å². The maximum absolute atomic E-state index is 13.1. The van der Waals surface area contributed by atoms with Crippen molar-refractivity contribution in [3.63, 3.8) is 0 Å². The quantitative estimate of drug-likeness (QED) is 0.929. The molecule has 0 aliphatic heterocycles. The molecule has 2 aromatic carbocycles. The Kier molecular flexibility index (Phi) is 4.61. The molecule has 0 heterocycles. The van der Waals surface area contributed by atoms with Crippen molar-refractivity contribution in [2.45, 2.75) is 17.9 Å². The maximum Gasteiger partial charge on any atom is 0.241 e. The van der Waals surface area contributed by atoms with Crippen molar-refractivity contribution in [3.05, 3.63) is 64.7 Å². The molecule has 0 fully saturated rings. The molecule has 112 valence electrons. The predicted molar refractivity (Wildman–Crippen MR) is 76.5 cm³/mol. The van der Waals surface area contributed by atoms with Gasteiger partial charge in [0, 0.05) is 6.04 Å². The van der Waals surface area contributed by atoms with Gasteiger partial charge in [0.1, 0.15) is 11.6 Å². The van der Waals surface area contributed by atoms with Crippen molar-refractivity contribution in [1.82, 2.24) is 4.72 Å². The first-order chi connectivity index (χ1) is 9.79. The summed E-state index contributed by atoms with van der Waals surface area (Å²) < 4.78 is 52.7. The monoisotopic (exact) mass is 331 g/mol. The fourth-order valence-electron chi connectivity index (χ4n) is 1.76. The zero-order valence-electron chi connectivity index (χ0n) is 11.0. The molecule has 1 N–H and O–H groups in total. The van der Waals surface area contributed by atoms with Gasteiger partial charge in [0.25, 0.3) is 0 Å². The normalized spacial score (nSPS) is 13.1. The number of sulfonamides is 1. The highest BCUT2D eigenvalue weighted by atomic mass is 35.5. The molecule has 7 heteroatoms. The molecular weight excluding hydrogens is 320 g/mol. The third-order valence-electron chi connectivity index (χ3n) is 2.90. The summed E-state index contributed by atoms with van der Waals surface area (Å²) in [6.45, 7) is 1.62. The molecule has 2 rings (SSSR count). The van der Waals surface area contributed by atoms with Gasteiger partial charge in [0.15, 0.2) is 0 Å². The van der Waals surface area contributed by atoms with Crippen LogP contribution in [-0.4, -0.2) is 8.42 Å². The fourth-order valence-corrected chi connectivity index (χ4v) is 3.27. The van der Waals surface area contributed by atoms with Gasteiger partial charge in [0.2, 0.25) is 10.0 Å². The first-order valence-electron chi connectivity index (χ1n) is 6.02. The summed E-state index contributed by atoms with van der Waals surface area (Å²) in [4.78, 5) is -0.136. The number of hydrogen-bond donors (Lipinski definition) is 1. The second kappa shape index (κ2) is 6.09. The van der Waals surface area contributed by atoms with E-state index in [4.69, 9.17) is 11.6 Å². The van der Waals surface area contributed by atoms with Crippen molar-refractivity contribution in [2.75, 3.05) is 0 Å². The summed E-state index contributed by atoms with van der Waals surface area (Å²) in [6.07, 6.45) is 0. The lowest BCUT2D eigenvalue weighted by Gasteiger charge is -2.15. The number of hydrogen-bond acceptors (Lipinski definition) is 2. The van der Waals surface area contributed by atoms with Crippen LogP contribution in [0, 0.1) is 11.6 Å². The van der Waals surface area contributed by atoms with E-state index >= 15 is 0 Å².